The number of aryl methyl sites for hydroxylation is 1. The summed E-state index contributed by atoms with van der Waals surface area (Å²) in [5.41, 5.74) is 6.02. The smallest absolute Gasteiger partial charge is 0.297 e. The van der Waals surface area contributed by atoms with Gasteiger partial charge in [0.2, 0.25) is 11.7 Å². The van der Waals surface area contributed by atoms with Gasteiger partial charge >= 0.3 is 0 Å². The van der Waals surface area contributed by atoms with Gasteiger partial charge in [-0.2, -0.15) is 9.37 Å². The molecule has 2 aliphatic carbocycles. The Morgan fingerprint density at radius 2 is 1.83 bits per heavy atom. The minimum Gasteiger partial charge on any atom is -0.472 e. The van der Waals surface area contributed by atoms with E-state index in [4.69, 9.17) is 19.9 Å². The third-order valence-corrected chi connectivity index (χ3v) is 5.64. The van der Waals surface area contributed by atoms with Gasteiger partial charge in [0.05, 0.1) is 12.3 Å². The number of hydrogen-bond acceptors (Lipinski definition) is 6. The summed E-state index contributed by atoms with van der Waals surface area (Å²) >= 11 is 0. The molecule has 0 aliphatic heterocycles. The van der Waals surface area contributed by atoms with E-state index in [0.717, 1.165) is 38.5 Å². The standard InChI is InChI=1S/C21H29FN4O4/c1-12(9-17(23)27)11-28-13-3-5-15(6-4-13)30-21-25-16-10-24-20(29-14-7-8-14)18(22)19(16)26(21)2/h10,12-15H,3-9,11H2,1-2H3,(H2,23,27)/t12-,13?,15?/m1/s1. The average molecular weight is 420 g/mol. The molecule has 0 saturated heterocycles. The lowest BCUT2D eigenvalue weighted by atomic mass is 9.95. The van der Waals surface area contributed by atoms with Crippen LogP contribution in [0.4, 0.5) is 4.39 Å². The molecule has 2 saturated carbocycles. The Kier molecular flexibility index (Phi) is 6.08. The molecule has 2 aromatic heterocycles. The third-order valence-electron chi connectivity index (χ3n) is 5.64. The van der Waals surface area contributed by atoms with Gasteiger partial charge in [-0.1, -0.05) is 6.92 Å². The number of aromatic nitrogens is 3. The maximum atomic E-state index is 14.8. The van der Waals surface area contributed by atoms with Crippen LogP contribution in [0.25, 0.3) is 11.0 Å². The first-order valence-electron chi connectivity index (χ1n) is 10.6. The lowest BCUT2D eigenvalue weighted by Gasteiger charge is -2.29. The molecule has 1 atom stereocenters. The summed E-state index contributed by atoms with van der Waals surface area (Å²) < 4.78 is 34.0. The number of nitrogens with two attached hydrogens (primary N) is 1. The average Bonchev–Trinajstić information content (AvgIpc) is 3.46. The Labute approximate surface area is 174 Å². The van der Waals surface area contributed by atoms with Crippen LogP contribution in [-0.4, -0.2) is 45.4 Å². The maximum Gasteiger partial charge on any atom is 0.297 e. The van der Waals surface area contributed by atoms with Gasteiger partial charge in [-0.15, -0.1) is 0 Å². The third kappa shape index (κ3) is 4.83. The van der Waals surface area contributed by atoms with Crippen LogP contribution in [-0.2, 0) is 16.6 Å². The van der Waals surface area contributed by atoms with E-state index in [-0.39, 0.29) is 36.0 Å². The van der Waals surface area contributed by atoms with Crippen molar-refractivity contribution in [2.75, 3.05) is 6.61 Å². The first kappa shape index (κ1) is 20.8. The Balaban J connectivity index is 1.33. The molecule has 0 bridgehead atoms. The molecule has 30 heavy (non-hydrogen) atoms. The molecule has 2 N–H and O–H groups in total. The molecule has 0 aromatic carbocycles. The first-order valence-corrected chi connectivity index (χ1v) is 10.6. The van der Waals surface area contributed by atoms with E-state index >= 15 is 0 Å². The van der Waals surface area contributed by atoms with Crippen LogP contribution in [0.3, 0.4) is 0 Å². The van der Waals surface area contributed by atoms with E-state index in [9.17, 15) is 9.18 Å². The van der Waals surface area contributed by atoms with Crippen molar-refractivity contribution in [1.82, 2.24) is 14.5 Å². The predicted octanol–water partition coefficient (Wildman–Crippen LogP) is 2.87. The molecule has 2 heterocycles. The van der Waals surface area contributed by atoms with Crippen LogP contribution in [0.15, 0.2) is 6.20 Å². The Bertz CT molecular complexity index is 906. The highest BCUT2D eigenvalue weighted by Gasteiger charge is 2.28. The van der Waals surface area contributed by atoms with E-state index in [2.05, 4.69) is 9.97 Å². The zero-order chi connectivity index (χ0) is 21.3. The number of ether oxygens (including phenoxy) is 3. The van der Waals surface area contributed by atoms with E-state index in [1.165, 1.54) is 6.20 Å². The number of primary amides is 1. The number of nitrogens with zero attached hydrogens (tertiary/aromatic N) is 3. The fourth-order valence-electron chi connectivity index (χ4n) is 3.83. The van der Waals surface area contributed by atoms with Gasteiger partial charge in [-0.05, 0) is 44.4 Å². The number of amides is 1. The van der Waals surface area contributed by atoms with Gasteiger partial charge in [0.1, 0.15) is 23.2 Å². The normalized spacial score (nSPS) is 22.8. The van der Waals surface area contributed by atoms with Crippen molar-refractivity contribution >= 4 is 16.9 Å². The van der Waals surface area contributed by atoms with Crippen LogP contribution in [0, 0.1) is 11.7 Å². The van der Waals surface area contributed by atoms with Crippen molar-refractivity contribution in [1.29, 1.82) is 0 Å². The first-order chi connectivity index (χ1) is 14.4. The Morgan fingerprint density at radius 3 is 2.50 bits per heavy atom. The number of carbonyl (C=O) groups excluding carboxylic acids is 1. The van der Waals surface area contributed by atoms with Crippen molar-refractivity contribution in [3.05, 3.63) is 12.0 Å². The Hall–Kier alpha value is -2.42. The van der Waals surface area contributed by atoms with Crippen LogP contribution in [0.2, 0.25) is 0 Å². The largest absolute Gasteiger partial charge is 0.472 e. The van der Waals surface area contributed by atoms with Gasteiger partial charge in [-0.3, -0.25) is 9.36 Å². The minimum absolute atomic E-state index is 0.00149. The maximum absolute atomic E-state index is 14.8. The molecule has 4 rings (SSSR count). The Morgan fingerprint density at radius 1 is 1.20 bits per heavy atom. The number of hydrogen-bond donors (Lipinski definition) is 1. The van der Waals surface area contributed by atoms with E-state index in [1.807, 2.05) is 6.92 Å². The van der Waals surface area contributed by atoms with Gasteiger partial charge in [0.15, 0.2) is 0 Å². The quantitative estimate of drug-likeness (QED) is 0.669. The second-order valence-electron chi connectivity index (χ2n) is 8.51. The number of pyridine rings is 1. The van der Waals surface area contributed by atoms with Gasteiger partial charge < -0.3 is 19.9 Å². The molecule has 8 nitrogen and oxygen atoms in total. The summed E-state index contributed by atoms with van der Waals surface area (Å²) in [7, 11) is 1.74. The van der Waals surface area contributed by atoms with Crippen molar-refractivity contribution in [3.8, 4) is 11.9 Å². The molecule has 2 fully saturated rings. The molecular weight excluding hydrogens is 391 g/mol. The molecule has 9 heteroatoms. The van der Waals surface area contributed by atoms with Gasteiger partial charge in [0, 0.05) is 20.1 Å². The van der Waals surface area contributed by atoms with E-state index < -0.39 is 5.82 Å². The SMILES string of the molecule is C[C@@H](COC1CCC(Oc2nc3cnc(OC4CC4)c(F)c3n2C)CC1)CC(N)=O. The van der Waals surface area contributed by atoms with Crippen LogP contribution >= 0.6 is 0 Å². The number of rotatable bonds is 9. The lowest BCUT2D eigenvalue weighted by molar-refractivity contribution is -0.119. The monoisotopic (exact) mass is 420 g/mol. The summed E-state index contributed by atoms with van der Waals surface area (Å²) in [5, 5.41) is 0. The lowest BCUT2D eigenvalue weighted by Crippen LogP contribution is -2.30. The molecule has 0 radical (unpaired) electrons. The topological polar surface area (TPSA) is 101 Å². The van der Waals surface area contributed by atoms with Gasteiger partial charge in [0.25, 0.3) is 11.9 Å². The fraction of sp³-hybridized carbons (Fsp3) is 0.667. The molecule has 0 spiro atoms. The molecular formula is C21H29FN4O4. The number of fused-ring (bicyclic) bond motifs is 1. The molecule has 164 valence electrons. The molecule has 2 aliphatic rings. The summed E-state index contributed by atoms with van der Waals surface area (Å²) in [4.78, 5) is 19.5. The molecule has 0 unspecified atom stereocenters. The zero-order valence-electron chi connectivity index (χ0n) is 17.5. The van der Waals surface area contributed by atoms with Crippen molar-refractivity contribution < 1.29 is 23.4 Å². The highest BCUT2D eigenvalue weighted by Crippen LogP contribution is 2.32. The second kappa shape index (κ2) is 8.75. The highest BCUT2D eigenvalue weighted by molar-refractivity contribution is 5.77. The van der Waals surface area contributed by atoms with Gasteiger partial charge in [-0.25, -0.2) is 4.98 Å². The van der Waals surface area contributed by atoms with E-state index in [1.54, 1.807) is 11.6 Å². The van der Waals surface area contributed by atoms with Crippen molar-refractivity contribution in [3.63, 3.8) is 0 Å². The number of halogens is 1. The number of imidazole rings is 1. The summed E-state index contributed by atoms with van der Waals surface area (Å²) in [6.45, 7) is 2.49. The zero-order valence-corrected chi connectivity index (χ0v) is 17.5. The van der Waals surface area contributed by atoms with Crippen molar-refractivity contribution in [2.24, 2.45) is 18.7 Å². The van der Waals surface area contributed by atoms with Crippen molar-refractivity contribution in [2.45, 2.75) is 70.2 Å². The van der Waals surface area contributed by atoms with Crippen LogP contribution in [0.5, 0.6) is 11.9 Å². The molecule has 1 amide bonds. The fourth-order valence-corrected chi connectivity index (χ4v) is 3.83. The highest BCUT2D eigenvalue weighted by atomic mass is 19.1. The summed E-state index contributed by atoms with van der Waals surface area (Å²) in [6, 6.07) is 0.383. The van der Waals surface area contributed by atoms with Crippen LogP contribution < -0.4 is 15.2 Å². The predicted molar refractivity (Wildman–Crippen MR) is 108 cm³/mol. The minimum atomic E-state index is -0.494. The second-order valence-corrected chi connectivity index (χ2v) is 8.51. The molecule has 2 aromatic rings. The summed E-state index contributed by atoms with van der Waals surface area (Å²) in [5.74, 6) is -0.647. The van der Waals surface area contributed by atoms with E-state index in [0.29, 0.717) is 30.1 Å². The van der Waals surface area contributed by atoms with Crippen LogP contribution in [0.1, 0.15) is 51.9 Å². The number of carbonyl (C=O) groups is 1. The summed E-state index contributed by atoms with van der Waals surface area (Å²) in [6.07, 6.45) is 7.37.